The molecule has 0 aromatic rings. The van der Waals surface area contributed by atoms with Crippen molar-refractivity contribution in [2.45, 2.75) is 86.3 Å². The van der Waals surface area contributed by atoms with Gasteiger partial charge in [-0.2, -0.15) is 0 Å². The molecule has 4 fully saturated rings. The van der Waals surface area contributed by atoms with Crippen LogP contribution in [0.25, 0.3) is 0 Å². The zero-order chi connectivity index (χ0) is 39.5. The summed E-state index contributed by atoms with van der Waals surface area (Å²) in [5, 5.41) is 0. The lowest BCUT2D eigenvalue weighted by atomic mass is 9.44. The summed E-state index contributed by atoms with van der Waals surface area (Å²) < 4.78 is 162. The second-order valence-electron chi connectivity index (χ2n) is 13.1. The Bertz CT molecular complexity index is 1250. The van der Waals surface area contributed by atoms with E-state index in [0.29, 0.717) is 24.3 Å². The van der Waals surface area contributed by atoms with E-state index in [1.165, 1.54) is 13.8 Å². The second-order valence-corrected chi connectivity index (χ2v) is 13.1. The van der Waals surface area contributed by atoms with E-state index in [0.717, 1.165) is 0 Å². The summed E-state index contributed by atoms with van der Waals surface area (Å²) >= 11 is 0. The molecular formula is C34H40F8O10. The molecular weight excluding hydrogens is 720 g/mol. The van der Waals surface area contributed by atoms with Crippen molar-refractivity contribution in [1.29, 1.82) is 0 Å². The molecule has 52 heavy (non-hydrogen) atoms. The van der Waals surface area contributed by atoms with Crippen molar-refractivity contribution in [3.8, 4) is 0 Å². The molecule has 292 valence electrons. The minimum Gasteiger partial charge on any atom is -0.462 e. The monoisotopic (exact) mass is 760 g/mol. The number of carbonyl (C=O) groups excluding carboxylic acids is 4. The van der Waals surface area contributed by atoms with Crippen molar-refractivity contribution in [3.63, 3.8) is 0 Å². The number of esters is 4. The minimum atomic E-state index is -4.83. The van der Waals surface area contributed by atoms with E-state index >= 15 is 35.1 Å². The van der Waals surface area contributed by atoms with E-state index in [-0.39, 0.29) is 12.8 Å². The molecule has 0 saturated heterocycles. The summed E-state index contributed by atoms with van der Waals surface area (Å²) in [5.74, 6) is -4.25. The van der Waals surface area contributed by atoms with Crippen LogP contribution in [0.15, 0.2) is 50.6 Å². The Morgan fingerprint density at radius 1 is 0.500 bits per heavy atom. The molecule has 0 heterocycles. The molecule has 4 bridgehead atoms. The third-order valence-corrected chi connectivity index (χ3v) is 10.2. The van der Waals surface area contributed by atoms with Gasteiger partial charge in [0.1, 0.15) is 26.4 Å². The largest absolute Gasteiger partial charge is 0.462 e. The van der Waals surface area contributed by atoms with Crippen LogP contribution >= 0.6 is 0 Å². The van der Waals surface area contributed by atoms with Crippen molar-refractivity contribution in [3.05, 3.63) is 50.6 Å². The van der Waals surface area contributed by atoms with Crippen molar-refractivity contribution in [2.75, 3.05) is 39.6 Å². The quantitative estimate of drug-likeness (QED) is 0.0748. The Balaban J connectivity index is 2.17. The number of carbonyl (C=O) groups is 4. The standard InChI is InChI=1S/C34H40F8O10/c1-7-19(43)47-13-29(11-5,14-48-20(44)8-2)17-51-33-24(36)31(41)23(35)32(42,25(33)37)27(39)34(26(31)38,28(33)40)52-18-30(12-6,15-49-21(45)9-3)16-50-22(46)10-4/h7-10,23-28H,1-4,11-18H2,5-6H3. The predicted octanol–water partition coefficient (Wildman–Crippen LogP) is 4.69. The first-order chi connectivity index (χ1) is 24.3. The van der Waals surface area contributed by atoms with E-state index < -0.39 is 134 Å². The lowest BCUT2D eigenvalue weighted by Crippen LogP contribution is -2.98. The topological polar surface area (TPSA) is 124 Å². The van der Waals surface area contributed by atoms with Crippen LogP contribution in [0, 0.1) is 10.8 Å². The summed E-state index contributed by atoms with van der Waals surface area (Å²) in [5.41, 5.74) is -21.8. The predicted molar refractivity (Wildman–Crippen MR) is 164 cm³/mol. The number of alkyl halides is 8. The fourth-order valence-corrected chi connectivity index (χ4v) is 6.61. The SMILES string of the molecule is C=CC(=O)OCC(CC)(COC(=O)C=C)COC12C(F)C3(F)C(F)C(F)(C1F)C(F)C(OCC(CC)(COC(=O)C=C)COC(=O)C=C)(C3F)C2F. The maximum Gasteiger partial charge on any atom is 0.330 e. The van der Waals surface area contributed by atoms with Crippen LogP contribution in [0.5, 0.6) is 0 Å². The molecule has 0 spiro atoms. The van der Waals surface area contributed by atoms with Crippen molar-refractivity contribution >= 4 is 23.9 Å². The molecule has 4 aliphatic carbocycles. The van der Waals surface area contributed by atoms with Gasteiger partial charge in [0.15, 0.2) is 48.2 Å². The molecule has 4 rings (SSSR count). The van der Waals surface area contributed by atoms with Gasteiger partial charge in [-0.1, -0.05) is 40.2 Å². The van der Waals surface area contributed by atoms with Crippen LogP contribution in [0.3, 0.4) is 0 Å². The maximum atomic E-state index is 17.0. The summed E-state index contributed by atoms with van der Waals surface area (Å²) in [7, 11) is 0. The number of ether oxygens (including phenoxy) is 6. The molecule has 0 aromatic heterocycles. The molecule has 4 saturated carbocycles. The first kappa shape index (κ1) is 42.6. The van der Waals surface area contributed by atoms with Crippen LogP contribution in [0.1, 0.15) is 26.7 Å². The molecule has 10 nitrogen and oxygen atoms in total. The Morgan fingerprint density at radius 2 is 0.750 bits per heavy atom. The molecule has 0 aromatic carbocycles. The first-order valence-electron chi connectivity index (χ1n) is 16.0. The molecule has 18 heteroatoms. The summed E-state index contributed by atoms with van der Waals surface area (Å²) in [6.45, 7) is 9.74. The molecule has 0 amide bonds. The zero-order valence-electron chi connectivity index (χ0n) is 28.4. The van der Waals surface area contributed by atoms with Crippen molar-refractivity contribution in [2.24, 2.45) is 10.8 Å². The second kappa shape index (κ2) is 15.7. The van der Waals surface area contributed by atoms with E-state index in [2.05, 4.69) is 26.3 Å². The lowest BCUT2D eigenvalue weighted by Gasteiger charge is -2.71. The van der Waals surface area contributed by atoms with Gasteiger partial charge >= 0.3 is 23.9 Å². The van der Waals surface area contributed by atoms with Gasteiger partial charge in [-0.15, -0.1) is 0 Å². The summed E-state index contributed by atoms with van der Waals surface area (Å²) in [6.07, 6.45) is -21.7. The van der Waals surface area contributed by atoms with E-state index in [1.807, 2.05) is 0 Å². The van der Waals surface area contributed by atoms with E-state index in [4.69, 9.17) is 28.4 Å². The number of hydrogen-bond donors (Lipinski definition) is 0. The molecule has 4 atom stereocenters. The Labute approximate surface area is 294 Å². The lowest BCUT2D eigenvalue weighted by molar-refractivity contribution is -0.430. The van der Waals surface area contributed by atoms with Crippen LogP contribution in [-0.2, 0) is 47.6 Å². The highest BCUT2D eigenvalue weighted by Gasteiger charge is 2.97. The number of hydrogen-bond acceptors (Lipinski definition) is 10. The number of rotatable bonds is 20. The third kappa shape index (κ3) is 6.53. The minimum absolute atomic E-state index is 0.277. The van der Waals surface area contributed by atoms with Crippen LogP contribution in [-0.4, -0.2) is 123 Å². The fraction of sp³-hybridized carbons (Fsp3) is 0.647. The highest BCUT2D eigenvalue weighted by molar-refractivity contribution is 5.82. The number of halogens is 8. The van der Waals surface area contributed by atoms with E-state index in [9.17, 15) is 19.2 Å². The molecule has 0 radical (unpaired) electrons. The highest BCUT2D eigenvalue weighted by atomic mass is 19.2. The van der Waals surface area contributed by atoms with E-state index in [1.54, 1.807) is 0 Å². The Hall–Kier alpha value is -3.80. The Morgan fingerprint density at radius 3 is 0.962 bits per heavy atom. The van der Waals surface area contributed by atoms with Gasteiger partial charge in [0, 0.05) is 24.3 Å². The first-order valence-corrected chi connectivity index (χ1v) is 16.0. The van der Waals surface area contributed by atoms with Crippen LogP contribution in [0.4, 0.5) is 35.1 Å². The average molecular weight is 761 g/mol. The zero-order valence-corrected chi connectivity index (χ0v) is 28.4. The summed E-state index contributed by atoms with van der Waals surface area (Å²) in [4.78, 5) is 47.5. The normalized spacial score (nSPS) is 34.9. The van der Waals surface area contributed by atoms with Gasteiger partial charge in [-0.25, -0.2) is 54.3 Å². The van der Waals surface area contributed by atoms with Crippen LogP contribution < -0.4 is 0 Å². The smallest absolute Gasteiger partial charge is 0.330 e. The summed E-state index contributed by atoms with van der Waals surface area (Å²) in [6, 6.07) is 0. The fourth-order valence-electron chi connectivity index (χ4n) is 6.61. The van der Waals surface area contributed by atoms with Gasteiger partial charge in [0.2, 0.25) is 11.3 Å². The average Bonchev–Trinajstić information content (AvgIpc) is 3.16. The van der Waals surface area contributed by atoms with Gasteiger partial charge in [0.05, 0.1) is 24.0 Å². The third-order valence-electron chi connectivity index (χ3n) is 10.2. The Kier molecular flexibility index (Phi) is 12.8. The van der Waals surface area contributed by atoms with Gasteiger partial charge in [-0.05, 0) is 12.8 Å². The molecule has 4 aliphatic rings. The van der Waals surface area contributed by atoms with Crippen molar-refractivity contribution < 1.29 is 82.7 Å². The molecule has 0 aliphatic heterocycles. The van der Waals surface area contributed by atoms with Crippen LogP contribution in [0.2, 0.25) is 0 Å². The maximum absolute atomic E-state index is 17.0. The van der Waals surface area contributed by atoms with Crippen molar-refractivity contribution in [1.82, 2.24) is 0 Å². The highest BCUT2D eigenvalue weighted by Crippen LogP contribution is 2.70. The molecule has 0 N–H and O–H groups in total. The van der Waals surface area contributed by atoms with Gasteiger partial charge in [-0.3, -0.25) is 0 Å². The van der Waals surface area contributed by atoms with Gasteiger partial charge < -0.3 is 28.4 Å². The molecule has 4 unspecified atom stereocenters. The van der Waals surface area contributed by atoms with Gasteiger partial charge in [0.25, 0.3) is 0 Å².